The number of hydrogen-bond donors (Lipinski definition) is 1. The normalized spacial score (nSPS) is 10.9. The molecule has 0 aliphatic carbocycles. The Bertz CT molecular complexity index is 229. The highest BCUT2D eigenvalue weighted by Gasteiger charge is 1.96. The number of nitrogen functional groups attached to an aromatic ring is 1. The lowest BCUT2D eigenvalue weighted by Gasteiger charge is -2.07. The van der Waals surface area contributed by atoms with Crippen molar-refractivity contribution in [1.82, 2.24) is 19.9 Å². The monoisotopic (exact) mass is 169 g/mol. The second-order valence-electron chi connectivity index (χ2n) is 3.02. The van der Waals surface area contributed by atoms with Crippen molar-refractivity contribution in [2.45, 2.75) is 13.0 Å². The van der Waals surface area contributed by atoms with E-state index < -0.39 is 0 Å². The largest absolute Gasteiger partial charge is 0.381 e. The molecule has 68 valence electrons. The van der Waals surface area contributed by atoms with Crippen LogP contribution in [0.1, 0.15) is 6.42 Å². The van der Waals surface area contributed by atoms with Crippen molar-refractivity contribution in [3.05, 3.63) is 6.20 Å². The second-order valence-corrected chi connectivity index (χ2v) is 3.02. The molecule has 0 saturated heterocycles. The van der Waals surface area contributed by atoms with E-state index in [0.717, 1.165) is 19.5 Å². The molecular weight excluding hydrogens is 154 g/mol. The van der Waals surface area contributed by atoms with Crippen LogP contribution in [0, 0.1) is 0 Å². The van der Waals surface area contributed by atoms with Gasteiger partial charge in [0.25, 0.3) is 0 Å². The van der Waals surface area contributed by atoms with E-state index in [9.17, 15) is 0 Å². The Balaban J connectivity index is 2.24. The van der Waals surface area contributed by atoms with Gasteiger partial charge >= 0.3 is 0 Å². The summed E-state index contributed by atoms with van der Waals surface area (Å²) in [5, 5.41) is 7.95. The van der Waals surface area contributed by atoms with Crippen molar-refractivity contribution >= 4 is 5.82 Å². The van der Waals surface area contributed by atoms with Crippen LogP contribution in [0.25, 0.3) is 0 Å². The number of anilines is 1. The minimum Gasteiger partial charge on any atom is -0.381 e. The van der Waals surface area contributed by atoms with Gasteiger partial charge in [-0.05, 0) is 27.1 Å². The molecule has 0 fully saturated rings. The molecule has 0 aliphatic rings. The van der Waals surface area contributed by atoms with Crippen LogP contribution in [-0.2, 0) is 6.54 Å². The zero-order valence-electron chi connectivity index (χ0n) is 7.56. The Hall–Kier alpha value is -1.10. The predicted molar refractivity (Wildman–Crippen MR) is 47.6 cm³/mol. The summed E-state index contributed by atoms with van der Waals surface area (Å²) in [6, 6.07) is 0. The first-order chi connectivity index (χ1) is 5.68. The van der Waals surface area contributed by atoms with Gasteiger partial charge in [-0.15, -0.1) is 5.10 Å². The standard InChI is InChI=1S/C7H15N5/c1-11(2)4-3-5-12-9-6-7(8)10-12/h6H,3-5H2,1-2H3,(H2,8,10). The summed E-state index contributed by atoms with van der Waals surface area (Å²) in [4.78, 5) is 3.76. The lowest BCUT2D eigenvalue weighted by Crippen LogP contribution is -2.15. The van der Waals surface area contributed by atoms with Crippen molar-refractivity contribution in [3.8, 4) is 0 Å². The van der Waals surface area contributed by atoms with Gasteiger partial charge in [-0.25, -0.2) is 0 Å². The quantitative estimate of drug-likeness (QED) is 0.678. The molecular formula is C7H15N5. The van der Waals surface area contributed by atoms with Gasteiger partial charge in [0.15, 0.2) is 5.82 Å². The summed E-state index contributed by atoms with van der Waals surface area (Å²) in [7, 11) is 4.09. The molecule has 1 aromatic rings. The third-order valence-electron chi connectivity index (χ3n) is 1.52. The highest BCUT2D eigenvalue weighted by atomic mass is 15.5. The Kier molecular flexibility index (Phi) is 3.04. The molecule has 0 radical (unpaired) electrons. The maximum Gasteiger partial charge on any atom is 0.165 e. The Morgan fingerprint density at radius 2 is 2.33 bits per heavy atom. The van der Waals surface area contributed by atoms with Crippen LogP contribution in [0.15, 0.2) is 6.20 Å². The molecule has 0 atom stereocenters. The molecule has 0 aromatic carbocycles. The Labute approximate surface area is 72.2 Å². The zero-order chi connectivity index (χ0) is 8.97. The summed E-state index contributed by atoms with van der Waals surface area (Å²) < 4.78 is 0. The molecule has 2 N–H and O–H groups in total. The topological polar surface area (TPSA) is 60.0 Å². The fourth-order valence-electron chi connectivity index (χ4n) is 0.947. The molecule has 0 spiro atoms. The molecule has 1 rings (SSSR count). The fraction of sp³-hybridized carbons (Fsp3) is 0.714. The number of hydrogen-bond acceptors (Lipinski definition) is 4. The molecule has 5 nitrogen and oxygen atoms in total. The van der Waals surface area contributed by atoms with E-state index in [1.807, 2.05) is 14.1 Å². The number of rotatable bonds is 4. The molecule has 5 heteroatoms. The zero-order valence-corrected chi connectivity index (χ0v) is 7.56. The van der Waals surface area contributed by atoms with Gasteiger partial charge in [0.1, 0.15) is 0 Å². The number of nitrogens with two attached hydrogens (primary N) is 1. The van der Waals surface area contributed by atoms with Gasteiger partial charge in [0, 0.05) is 0 Å². The Morgan fingerprint density at radius 1 is 1.58 bits per heavy atom. The molecule has 0 aliphatic heterocycles. The van der Waals surface area contributed by atoms with Crippen molar-refractivity contribution in [1.29, 1.82) is 0 Å². The van der Waals surface area contributed by atoms with Crippen LogP contribution in [-0.4, -0.2) is 40.5 Å². The third-order valence-corrected chi connectivity index (χ3v) is 1.52. The van der Waals surface area contributed by atoms with Crippen molar-refractivity contribution in [2.24, 2.45) is 0 Å². The van der Waals surface area contributed by atoms with Crippen LogP contribution in [0.4, 0.5) is 5.82 Å². The maximum absolute atomic E-state index is 5.41. The van der Waals surface area contributed by atoms with E-state index in [2.05, 4.69) is 15.1 Å². The van der Waals surface area contributed by atoms with Crippen LogP contribution in [0.2, 0.25) is 0 Å². The van der Waals surface area contributed by atoms with Gasteiger partial charge in [0.05, 0.1) is 12.7 Å². The van der Waals surface area contributed by atoms with E-state index in [1.54, 1.807) is 11.0 Å². The fourth-order valence-corrected chi connectivity index (χ4v) is 0.947. The molecule has 0 saturated carbocycles. The van der Waals surface area contributed by atoms with E-state index >= 15 is 0 Å². The smallest absolute Gasteiger partial charge is 0.165 e. The predicted octanol–water partition coefficient (Wildman–Crippen LogP) is -0.188. The highest BCUT2D eigenvalue weighted by molar-refractivity contribution is 5.19. The second kappa shape index (κ2) is 4.06. The van der Waals surface area contributed by atoms with E-state index in [4.69, 9.17) is 5.73 Å². The van der Waals surface area contributed by atoms with Crippen molar-refractivity contribution in [3.63, 3.8) is 0 Å². The van der Waals surface area contributed by atoms with Crippen LogP contribution >= 0.6 is 0 Å². The SMILES string of the molecule is CN(C)CCCn1ncc(N)n1. The Morgan fingerprint density at radius 3 is 2.83 bits per heavy atom. The van der Waals surface area contributed by atoms with Crippen LogP contribution in [0.3, 0.4) is 0 Å². The molecule has 1 aromatic heterocycles. The molecule has 0 unspecified atom stereocenters. The summed E-state index contributed by atoms with van der Waals surface area (Å²) in [6.07, 6.45) is 2.61. The summed E-state index contributed by atoms with van der Waals surface area (Å²) in [6.45, 7) is 1.87. The van der Waals surface area contributed by atoms with Crippen molar-refractivity contribution in [2.75, 3.05) is 26.4 Å². The minimum absolute atomic E-state index is 0.486. The molecule has 0 bridgehead atoms. The molecule has 12 heavy (non-hydrogen) atoms. The number of aryl methyl sites for hydroxylation is 1. The van der Waals surface area contributed by atoms with E-state index in [0.29, 0.717) is 5.82 Å². The maximum atomic E-state index is 5.41. The first kappa shape index (κ1) is 8.99. The number of nitrogens with zero attached hydrogens (tertiary/aromatic N) is 4. The van der Waals surface area contributed by atoms with Gasteiger partial charge in [-0.2, -0.15) is 9.90 Å². The average Bonchev–Trinajstić information content (AvgIpc) is 2.35. The number of aromatic nitrogens is 3. The van der Waals surface area contributed by atoms with E-state index in [1.165, 1.54) is 0 Å². The van der Waals surface area contributed by atoms with Crippen molar-refractivity contribution < 1.29 is 0 Å². The lowest BCUT2D eigenvalue weighted by atomic mass is 10.4. The van der Waals surface area contributed by atoms with Gasteiger partial charge < -0.3 is 10.6 Å². The highest BCUT2D eigenvalue weighted by Crippen LogP contribution is 1.93. The lowest BCUT2D eigenvalue weighted by molar-refractivity contribution is 0.371. The molecule has 1 heterocycles. The van der Waals surface area contributed by atoms with Gasteiger partial charge in [-0.3, -0.25) is 0 Å². The van der Waals surface area contributed by atoms with Gasteiger partial charge in [-0.1, -0.05) is 0 Å². The third kappa shape index (κ3) is 2.87. The van der Waals surface area contributed by atoms with Crippen LogP contribution in [0.5, 0.6) is 0 Å². The summed E-state index contributed by atoms with van der Waals surface area (Å²) >= 11 is 0. The first-order valence-electron chi connectivity index (χ1n) is 3.99. The first-order valence-corrected chi connectivity index (χ1v) is 3.99. The average molecular weight is 169 g/mol. The minimum atomic E-state index is 0.486. The van der Waals surface area contributed by atoms with Crippen LogP contribution < -0.4 is 5.73 Å². The molecule has 0 amide bonds. The van der Waals surface area contributed by atoms with Gasteiger partial charge in [0.2, 0.25) is 0 Å². The summed E-state index contributed by atoms with van der Waals surface area (Å²) in [5.74, 6) is 0.486. The summed E-state index contributed by atoms with van der Waals surface area (Å²) in [5.41, 5.74) is 5.41. The van der Waals surface area contributed by atoms with E-state index in [-0.39, 0.29) is 0 Å².